The van der Waals surface area contributed by atoms with Gasteiger partial charge in [-0.3, -0.25) is 46.8 Å². The summed E-state index contributed by atoms with van der Waals surface area (Å²) in [5.74, 6) is -0.619. The van der Waals surface area contributed by atoms with E-state index in [2.05, 4.69) is 29.9 Å². The van der Waals surface area contributed by atoms with Crippen LogP contribution in [0, 0.1) is 0 Å². The van der Waals surface area contributed by atoms with E-state index in [1.807, 2.05) is 0 Å². The molecular formula is C21H24F2N10O11P2. The normalized spacial score (nSPS) is 37.1. The average molecular weight is 692 g/mol. The number of phosphoric ester groups is 1. The summed E-state index contributed by atoms with van der Waals surface area (Å²) in [5, 5.41) is 0. The molecule has 3 saturated heterocycles. The zero-order valence-electron chi connectivity index (χ0n) is 23.0. The number of anilines is 2. The lowest BCUT2D eigenvalue weighted by Gasteiger charge is -2.27. The first kappa shape index (κ1) is 31.0. The molecule has 4 aromatic heterocycles. The molecule has 248 valence electrons. The number of halogens is 2. The van der Waals surface area contributed by atoms with Crippen molar-refractivity contribution in [2.75, 3.05) is 24.2 Å². The molecule has 46 heavy (non-hydrogen) atoms. The third-order valence-corrected chi connectivity index (χ3v) is 10.0. The number of nitrogens with two attached hydrogens (primary N) is 2. The number of hydrogen-bond acceptors (Lipinski definition) is 15. The van der Waals surface area contributed by atoms with Crippen molar-refractivity contribution >= 4 is 49.6 Å². The van der Waals surface area contributed by atoms with Crippen molar-refractivity contribution in [3.05, 3.63) is 33.4 Å². The lowest BCUT2D eigenvalue weighted by molar-refractivity contribution is -0.0513. The predicted molar refractivity (Wildman–Crippen MR) is 148 cm³/mol. The second-order valence-electron chi connectivity index (χ2n) is 10.6. The number of nitrogen functional groups attached to an aromatic ring is 2. The summed E-state index contributed by atoms with van der Waals surface area (Å²) in [7, 11) is -9.88. The zero-order valence-corrected chi connectivity index (χ0v) is 24.7. The van der Waals surface area contributed by atoms with E-state index in [1.165, 1.54) is 0 Å². The van der Waals surface area contributed by atoms with Crippen LogP contribution in [0.1, 0.15) is 18.9 Å². The molecular weight excluding hydrogens is 668 g/mol. The number of imidazole rings is 2. The van der Waals surface area contributed by atoms with Gasteiger partial charge in [-0.25, -0.2) is 23.3 Å². The third kappa shape index (κ3) is 5.32. The Morgan fingerprint density at radius 2 is 1.35 bits per heavy atom. The van der Waals surface area contributed by atoms with E-state index in [1.54, 1.807) is 0 Å². The van der Waals surface area contributed by atoms with Crippen LogP contribution in [0.3, 0.4) is 0 Å². The molecule has 0 bridgehead atoms. The maximum absolute atomic E-state index is 15.9. The standard InChI is InChI=1S/C21H24F2N10O11P2/c22-8-12-6(41-18(8)32-4-26-10-14(32)28-20(24)30-16(10)34)1-2-45(36,37)43-13-7(3-40-46(38,39)44-12)42-19(9(13)23)33-5-27-11-15(33)29-21(25)31-17(11)35/h4-9,12-13,18-19H,1-3H2,(H,36,37)(H,38,39)(H3,24,28,30,34)(H3,25,29,31,35)/t6-,7-,8-,9-,12-,13-,18-,19-/m1/s1. The van der Waals surface area contributed by atoms with Gasteiger partial charge in [0.15, 0.2) is 47.1 Å². The third-order valence-electron chi connectivity index (χ3n) is 7.62. The number of H-pyrrole nitrogens is 2. The number of nitrogens with zero attached hydrogens (tertiary/aromatic N) is 6. The summed E-state index contributed by atoms with van der Waals surface area (Å²) in [6.45, 7) is -0.936. The highest BCUT2D eigenvalue weighted by molar-refractivity contribution is 7.52. The van der Waals surface area contributed by atoms with E-state index in [4.69, 9.17) is 34.5 Å². The van der Waals surface area contributed by atoms with Crippen molar-refractivity contribution in [2.24, 2.45) is 0 Å². The van der Waals surface area contributed by atoms with E-state index in [0.29, 0.717) is 0 Å². The molecule has 3 fully saturated rings. The maximum Gasteiger partial charge on any atom is 0.472 e. The van der Waals surface area contributed by atoms with E-state index in [9.17, 15) is 28.5 Å². The SMILES string of the molecule is Nc1nc2c(ncn2[C@@H]2O[C@@H]3COP(=O)(O)O[C@H]4[C@@H](F)[C@H](n5cnc6c(=O)[nH]c(N)nc65)O[C@@H]4CCP(=O)(O)O[C@H]3[C@H]2F)c(=O)[nH]1. The number of rotatable bonds is 2. The van der Waals surface area contributed by atoms with Crippen LogP contribution in [0.4, 0.5) is 20.7 Å². The lowest BCUT2D eigenvalue weighted by Crippen LogP contribution is -2.36. The number of fused-ring (bicyclic) bond motifs is 4. The van der Waals surface area contributed by atoms with Gasteiger partial charge in [-0.1, -0.05) is 0 Å². The topological polar surface area (TPSA) is 300 Å². The van der Waals surface area contributed by atoms with Gasteiger partial charge in [0, 0.05) is 0 Å². The van der Waals surface area contributed by atoms with Gasteiger partial charge < -0.3 is 30.7 Å². The molecule has 7 rings (SSSR count). The van der Waals surface area contributed by atoms with Crippen molar-refractivity contribution in [1.82, 2.24) is 39.0 Å². The molecule has 0 aliphatic carbocycles. The van der Waals surface area contributed by atoms with Gasteiger partial charge in [-0.15, -0.1) is 0 Å². The fourth-order valence-corrected chi connectivity index (χ4v) is 7.87. The van der Waals surface area contributed by atoms with Crippen LogP contribution in [-0.2, 0) is 32.2 Å². The van der Waals surface area contributed by atoms with Crippen LogP contribution < -0.4 is 22.6 Å². The fraction of sp³-hybridized carbons (Fsp3) is 0.524. The van der Waals surface area contributed by atoms with Gasteiger partial charge in [0.05, 0.1) is 31.5 Å². The first-order chi connectivity index (χ1) is 21.7. The second-order valence-corrected chi connectivity index (χ2v) is 14.0. The molecule has 7 heterocycles. The van der Waals surface area contributed by atoms with Crippen molar-refractivity contribution < 1.29 is 50.7 Å². The molecule has 3 aliphatic rings. The van der Waals surface area contributed by atoms with Crippen LogP contribution in [0.5, 0.6) is 0 Å². The number of aromatic amines is 2. The zero-order chi connectivity index (χ0) is 32.7. The number of nitrogens with one attached hydrogen (secondary N) is 2. The van der Waals surface area contributed by atoms with E-state index in [0.717, 1.165) is 21.8 Å². The quantitative estimate of drug-likeness (QED) is 0.142. The summed E-state index contributed by atoms with van der Waals surface area (Å²) in [4.78, 5) is 65.8. The highest BCUT2D eigenvalue weighted by atomic mass is 31.2. The minimum atomic E-state index is -5.16. The van der Waals surface area contributed by atoms with Crippen LogP contribution in [0.15, 0.2) is 22.2 Å². The van der Waals surface area contributed by atoms with Gasteiger partial charge in [-0.05, 0) is 6.42 Å². The molecule has 21 nitrogen and oxygen atoms in total. The van der Waals surface area contributed by atoms with Crippen molar-refractivity contribution in [3.8, 4) is 0 Å². The lowest BCUT2D eigenvalue weighted by atomic mass is 10.1. The summed E-state index contributed by atoms with van der Waals surface area (Å²) in [6, 6.07) is 0. The molecule has 0 aromatic carbocycles. The molecule has 3 aliphatic heterocycles. The minimum absolute atomic E-state index is 0.174. The molecule has 4 aromatic rings. The Balaban J connectivity index is 1.18. The van der Waals surface area contributed by atoms with Gasteiger partial charge in [0.25, 0.3) is 11.1 Å². The van der Waals surface area contributed by atoms with Gasteiger partial charge in [-0.2, -0.15) is 9.97 Å². The molecule has 2 unspecified atom stereocenters. The Kier molecular flexibility index (Phi) is 7.38. The molecule has 0 radical (unpaired) electrons. The Morgan fingerprint density at radius 1 is 0.848 bits per heavy atom. The van der Waals surface area contributed by atoms with Gasteiger partial charge in [0.1, 0.15) is 18.3 Å². The highest BCUT2D eigenvalue weighted by Crippen LogP contribution is 2.54. The fourth-order valence-electron chi connectivity index (χ4n) is 5.60. The van der Waals surface area contributed by atoms with E-state index >= 15 is 8.78 Å². The van der Waals surface area contributed by atoms with Crippen LogP contribution >= 0.6 is 15.4 Å². The van der Waals surface area contributed by atoms with E-state index in [-0.39, 0.29) is 34.2 Å². The molecule has 25 heteroatoms. The number of alkyl halides is 2. The molecule has 10 atom stereocenters. The first-order valence-electron chi connectivity index (χ1n) is 13.4. The Bertz CT molecular complexity index is 1910. The summed E-state index contributed by atoms with van der Waals surface area (Å²) in [5.41, 5.74) is 8.98. The Morgan fingerprint density at radius 3 is 1.89 bits per heavy atom. The number of hydrogen-bond donors (Lipinski definition) is 6. The van der Waals surface area contributed by atoms with Gasteiger partial charge in [0.2, 0.25) is 11.9 Å². The van der Waals surface area contributed by atoms with Crippen molar-refractivity contribution in [1.29, 1.82) is 0 Å². The predicted octanol–water partition coefficient (Wildman–Crippen LogP) is -0.635. The smallest absolute Gasteiger partial charge is 0.369 e. The summed E-state index contributed by atoms with van der Waals surface area (Å²) in [6.07, 6.45) is -13.7. The Hall–Kier alpha value is -3.66. The average Bonchev–Trinajstić information content (AvgIpc) is 3.72. The highest BCUT2D eigenvalue weighted by Gasteiger charge is 2.54. The van der Waals surface area contributed by atoms with Crippen molar-refractivity contribution in [2.45, 2.75) is 55.6 Å². The summed E-state index contributed by atoms with van der Waals surface area (Å²) >= 11 is 0. The van der Waals surface area contributed by atoms with Gasteiger partial charge >= 0.3 is 15.4 Å². The van der Waals surface area contributed by atoms with Crippen LogP contribution in [-0.4, -0.2) is 98.4 Å². The number of phosphoric acid groups is 1. The molecule has 0 amide bonds. The van der Waals surface area contributed by atoms with Crippen LogP contribution in [0.25, 0.3) is 22.3 Å². The van der Waals surface area contributed by atoms with Crippen molar-refractivity contribution in [3.63, 3.8) is 0 Å². The maximum atomic E-state index is 15.9. The van der Waals surface area contributed by atoms with E-state index < -0.39 is 94.9 Å². The number of ether oxygens (including phenoxy) is 2. The summed E-state index contributed by atoms with van der Waals surface area (Å²) < 4.78 is 87.0. The molecule has 0 saturated carbocycles. The molecule has 8 N–H and O–H groups in total. The monoisotopic (exact) mass is 692 g/mol. The number of aromatic nitrogens is 8. The second kappa shape index (κ2) is 11.0. The minimum Gasteiger partial charge on any atom is -0.369 e. The Labute approximate surface area is 253 Å². The largest absolute Gasteiger partial charge is 0.472 e. The molecule has 0 spiro atoms. The first-order valence-corrected chi connectivity index (χ1v) is 16.7. The van der Waals surface area contributed by atoms with Crippen LogP contribution in [0.2, 0.25) is 0 Å².